The highest BCUT2D eigenvalue weighted by Crippen LogP contribution is 2.48. The molecule has 0 aliphatic carbocycles. The number of fused-ring (bicyclic) bond motifs is 1. The zero-order valence-corrected chi connectivity index (χ0v) is 24.8. The molecule has 6 nitrogen and oxygen atoms in total. The predicted octanol–water partition coefficient (Wildman–Crippen LogP) is 9.50. The summed E-state index contributed by atoms with van der Waals surface area (Å²) >= 11 is 0. The fraction of sp³-hybridized carbons (Fsp3) is 0.677. The van der Waals surface area contributed by atoms with Gasteiger partial charge in [0.2, 0.25) is 0 Å². The van der Waals surface area contributed by atoms with E-state index in [1.54, 1.807) is 6.07 Å². The lowest BCUT2D eigenvalue weighted by Crippen LogP contribution is -2.11. The van der Waals surface area contributed by atoms with Crippen molar-refractivity contribution in [1.82, 2.24) is 0 Å². The first kappa shape index (κ1) is 32.8. The lowest BCUT2D eigenvalue weighted by Gasteiger charge is -2.18. The normalized spacial score (nSPS) is 13.1. The molecule has 0 aliphatic rings. The fourth-order valence-electron chi connectivity index (χ4n) is 4.35. The zero-order chi connectivity index (χ0) is 27.2. The van der Waals surface area contributed by atoms with E-state index in [0.29, 0.717) is 32.2 Å². The Morgan fingerprint density at radius 1 is 0.632 bits per heavy atom. The monoisotopic (exact) mass is 550 g/mol. The molecule has 38 heavy (non-hydrogen) atoms. The Bertz CT molecular complexity index is 884. The highest BCUT2D eigenvalue weighted by molar-refractivity contribution is 7.53. The molecule has 216 valence electrons. The van der Waals surface area contributed by atoms with Crippen LogP contribution in [0.1, 0.15) is 97.3 Å². The minimum absolute atomic E-state index is 0.127. The molecule has 0 N–H and O–H groups in total. The lowest BCUT2D eigenvalue weighted by atomic mass is 10.0. The SMILES string of the molecule is CCCCCCCCCCCCCCCOP(=O)(CCOCCOCC)OOc1cccc2ccccc12. The summed E-state index contributed by atoms with van der Waals surface area (Å²) in [5.41, 5.74) is 0. The number of unbranched alkanes of at least 4 members (excludes halogenated alkanes) is 12. The second kappa shape index (κ2) is 21.4. The van der Waals surface area contributed by atoms with E-state index in [9.17, 15) is 4.57 Å². The largest absolute Gasteiger partial charge is 0.379 e. The number of hydrogen-bond acceptors (Lipinski definition) is 6. The van der Waals surface area contributed by atoms with Gasteiger partial charge in [-0.3, -0.25) is 4.57 Å². The second-order valence-electron chi connectivity index (χ2n) is 9.85. The van der Waals surface area contributed by atoms with Gasteiger partial charge in [0.1, 0.15) is 0 Å². The minimum atomic E-state index is -3.49. The van der Waals surface area contributed by atoms with E-state index in [-0.39, 0.29) is 12.8 Å². The van der Waals surface area contributed by atoms with Crippen LogP contribution in [0.25, 0.3) is 10.8 Å². The van der Waals surface area contributed by atoms with Crippen molar-refractivity contribution in [3.63, 3.8) is 0 Å². The van der Waals surface area contributed by atoms with Crippen molar-refractivity contribution in [1.29, 1.82) is 0 Å². The standard InChI is InChI=1S/C31H51O6P/c1-3-5-6-7-8-9-10-11-12-13-14-15-18-24-35-38(32,28-27-34-26-25-33-4-2)37-36-31-23-19-21-29-20-16-17-22-30(29)31/h16-17,19-23H,3-15,18,24-28H2,1-2H3. The molecule has 2 rings (SSSR count). The summed E-state index contributed by atoms with van der Waals surface area (Å²) in [5.74, 6) is 0.519. The van der Waals surface area contributed by atoms with E-state index in [0.717, 1.165) is 23.6 Å². The molecule has 0 radical (unpaired) electrons. The lowest BCUT2D eigenvalue weighted by molar-refractivity contribution is -0.112. The molecule has 7 heteroatoms. The molecule has 0 aromatic heterocycles. The number of ether oxygens (including phenoxy) is 2. The maximum atomic E-state index is 13.4. The summed E-state index contributed by atoms with van der Waals surface area (Å²) in [6.07, 6.45) is 16.7. The van der Waals surface area contributed by atoms with E-state index in [2.05, 4.69) is 6.92 Å². The molecule has 1 unspecified atom stereocenters. The molecule has 0 amide bonds. The van der Waals surface area contributed by atoms with Crippen LogP contribution in [0.4, 0.5) is 0 Å². The van der Waals surface area contributed by atoms with Crippen LogP contribution in [0.2, 0.25) is 0 Å². The Hall–Kier alpha value is -1.43. The molecule has 0 aliphatic heterocycles. The van der Waals surface area contributed by atoms with Crippen molar-refractivity contribution < 1.29 is 28.1 Å². The maximum absolute atomic E-state index is 13.4. The zero-order valence-electron chi connectivity index (χ0n) is 23.9. The molecule has 0 fully saturated rings. The Balaban J connectivity index is 1.67. The highest BCUT2D eigenvalue weighted by atomic mass is 31.2. The third-order valence-corrected chi connectivity index (χ3v) is 8.22. The first-order valence-electron chi connectivity index (χ1n) is 14.9. The van der Waals surface area contributed by atoms with E-state index < -0.39 is 7.60 Å². The summed E-state index contributed by atoms with van der Waals surface area (Å²) in [6.45, 7) is 6.44. The highest BCUT2D eigenvalue weighted by Gasteiger charge is 2.27. The number of hydrogen-bond donors (Lipinski definition) is 0. The van der Waals surface area contributed by atoms with Crippen LogP contribution in [0.3, 0.4) is 0 Å². The number of rotatable bonds is 25. The van der Waals surface area contributed by atoms with Crippen LogP contribution in [0.5, 0.6) is 5.75 Å². The van der Waals surface area contributed by atoms with E-state index >= 15 is 0 Å². The average Bonchev–Trinajstić information content (AvgIpc) is 2.94. The second-order valence-corrected chi connectivity index (χ2v) is 11.9. The van der Waals surface area contributed by atoms with Crippen molar-refractivity contribution in [2.75, 3.05) is 39.2 Å². The first-order chi connectivity index (χ1) is 18.7. The molecule has 0 saturated carbocycles. The summed E-state index contributed by atoms with van der Waals surface area (Å²) in [5, 5.41) is 1.92. The Labute approximate surface area is 231 Å². The van der Waals surface area contributed by atoms with Gasteiger partial charge in [-0.25, -0.2) is 0 Å². The molecule has 2 aromatic carbocycles. The van der Waals surface area contributed by atoms with Crippen LogP contribution >= 0.6 is 7.60 Å². The van der Waals surface area contributed by atoms with Gasteiger partial charge < -0.3 is 18.9 Å². The van der Waals surface area contributed by atoms with Gasteiger partial charge in [0.25, 0.3) is 0 Å². The van der Waals surface area contributed by atoms with Crippen LogP contribution in [0, 0.1) is 0 Å². The summed E-state index contributed by atoms with van der Waals surface area (Å²) < 4.78 is 35.6. The Morgan fingerprint density at radius 3 is 1.92 bits per heavy atom. The Morgan fingerprint density at radius 2 is 1.24 bits per heavy atom. The van der Waals surface area contributed by atoms with Crippen molar-refractivity contribution in [3.05, 3.63) is 42.5 Å². The van der Waals surface area contributed by atoms with Gasteiger partial charge >= 0.3 is 7.60 Å². The topological polar surface area (TPSA) is 63.2 Å². The van der Waals surface area contributed by atoms with Crippen molar-refractivity contribution in [2.45, 2.75) is 97.3 Å². The van der Waals surface area contributed by atoms with E-state index in [1.807, 2.05) is 43.3 Å². The number of benzene rings is 2. The maximum Gasteiger partial charge on any atom is 0.371 e. The predicted molar refractivity (Wildman–Crippen MR) is 157 cm³/mol. The van der Waals surface area contributed by atoms with Crippen LogP contribution < -0.4 is 4.89 Å². The van der Waals surface area contributed by atoms with Gasteiger partial charge in [0.15, 0.2) is 5.75 Å². The average molecular weight is 551 g/mol. The van der Waals surface area contributed by atoms with Gasteiger partial charge in [-0.05, 0) is 24.8 Å². The smallest absolute Gasteiger partial charge is 0.371 e. The summed E-state index contributed by atoms with van der Waals surface area (Å²) in [7, 11) is -3.49. The van der Waals surface area contributed by atoms with Gasteiger partial charge in [-0.2, -0.15) is 0 Å². The van der Waals surface area contributed by atoms with Gasteiger partial charge in [0, 0.05) is 12.0 Å². The summed E-state index contributed by atoms with van der Waals surface area (Å²) in [6, 6.07) is 13.5. The van der Waals surface area contributed by atoms with Crippen molar-refractivity contribution >= 4 is 18.4 Å². The van der Waals surface area contributed by atoms with Crippen LogP contribution in [-0.4, -0.2) is 39.2 Å². The van der Waals surface area contributed by atoms with Gasteiger partial charge in [-0.15, -0.1) is 0 Å². The quantitative estimate of drug-likeness (QED) is 0.0531. The van der Waals surface area contributed by atoms with Crippen molar-refractivity contribution in [2.24, 2.45) is 0 Å². The molecular formula is C31H51O6P. The van der Waals surface area contributed by atoms with Crippen LogP contribution in [-0.2, 0) is 23.2 Å². The molecule has 1 atom stereocenters. The molecule has 0 spiro atoms. The van der Waals surface area contributed by atoms with E-state index in [4.69, 9.17) is 23.6 Å². The first-order valence-corrected chi connectivity index (χ1v) is 16.6. The Kier molecular flexibility index (Phi) is 18.5. The molecule has 0 saturated heterocycles. The minimum Gasteiger partial charge on any atom is -0.379 e. The van der Waals surface area contributed by atoms with Gasteiger partial charge in [-0.1, -0.05) is 125 Å². The molecule has 0 heterocycles. The molecule has 2 aromatic rings. The molecule has 0 bridgehead atoms. The third kappa shape index (κ3) is 14.6. The van der Waals surface area contributed by atoms with Crippen LogP contribution in [0.15, 0.2) is 42.5 Å². The van der Waals surface area contributed by atoms with Crippen molar-refractivity contribution in [3.8, 4) is 5.75 Å². The summed E-state index contributed by atoms with van der Waals surface area (Å²) in [4.78, 5) is 5.58. The molecular weight excluding hydrogens is 499 g/mol. The van der Waals surface area contributed by atoms with E-state index in [1.165, 1.54) is 70.6 Å². The van der Waals surface area contributed by atoms with Gasteiger partial charge in [0.05, 0.1) is 32.6 Å². The third-order valence-electron chi connectivity index (χ3n) is 6.61. The fourth-order valence-corrected chi connectivity index (χ4v) is 5.55.